The number of methoxy groups -OCH3 is 1. The molecule has 1 unspecified atom stereocenters. The first-order chi connectivity index (χ1) is 10.9. The van der Waals surface area contributed by atoms with Gasteiger partial charge in [-0.1, -0.05) is 0 Å². The number of hydrogen-bond donors (Lipinski definition) is 1. The first-order valence-corrected chi connectivity index (χ1v) is 7.23. The molecule has 0 saturated carbocycles. The summed E-state index contributed by atoms with van der Waals surface area (Å²) in [6, 6.07) is 4.06. The fourth-order valence-corrected chi connectivity index (χ4v) is 2.70. The molecule has 0 aliphatic carbocycles. The van der Waals surface area contributed by atoms with Gasteiger partial charge in [-0.3, -0.25) is 24.6 Å². The van der Waals surface area contributed by atoms with Crippen LogP contribution in [0.1, 0.15) is 23.2 Å². The lowest BCUT2D eigenvalue weighted by atomic mass is 9.97. The van der Waals surface area contributed by atoms with Gasteiger partial charge >= 0.3 is 11.7 Å². The topological polar surface area (TPSA) is 110 Å². The van der Waals surface area contributed by atoms with Gasteiger partial charge in [0.15, 0.2) is 11.5 Å². The molecule has 23 heavy (non-hydrogen) atoms. The minimum atomic E-state index is -0.859. The van der Waals surface area contributed by atoms with Crippen LogP contribution >= 0.6 is 0 Å². The molecular formula is C15H18N2O6. The van der Waals surface area contributed by atoms with Gasteiger partial charge in [-0.05, 0) is 31.5 Å². The molecule has 0 radical (unpaired) electrons. The molecule has 124 valence electrons. The number of carboxylic acid groups (broad SMARTS) is 1. The van der Waals surface area contributed by atoms with E-state index in [1.807, 2.05) is 0 Å². The zero-order chi connectivity index (χ0) is 17.0. The predicted molar refractivity (Wildman–Crippen MR) is 80.8 cm³/mol. The smallest absolute Gasteiger partial charge is 0.311 e. The Bertz CT molecular complexity index is 630. The number of hydrogen-bond acceptors (Lipinski definition) is 6. The number of carbonyl (C=O) groups excluding carboxylic acids is 1. The lowest BCUT2D eigenvalue weighted by molar-refractivity contribution is -0.385. The van der Waals surface area contributed by atoms with Crippen molar-refractivity contribution in [2.24, 2.45) is 5.92 Å². The second-order valence-electron chi connectivity index (χ2n) is 5.48. The number of piperidine rings is 1. The van der Waals surface area contributed by atoms with E-state index in [4.69, 9.17) is 9.84 Å². The Morgan fingerprint density at radius 3 is 2.83 bits per heavy atom. The van der Waals surface area contributed by atoms with Crippen LogP contribution in [0.4, 0.5) is 5.69 Å². The summed E-state index contributed by atoms with van der Waals surface area (Å²) in [5.74, 6) is -1.51. The minimum absolute atomic E-state index is 0.0489. The van der Waals surface area contributed by atoms with Crippen LogP contribution in [-0.2, 0) is 4.79 Å². The molecule has 0 spiro atoms. The van der Waals surface area contributed by atoms with Crippen molar-refractivity contribution < 1.29 is 24.4 Å². The van der Waals surface area contributed by atoms with Crippen LogP contribution < -0.4 is 4.74 Å². The van der Waals surface area contributed by atoms with E-state index in [2.05, 4.69) is 0 Å². The number of ketones is 1. The summed E-state index contributed by atoms with van der Waals surface area (Å²) >= 11 is 0. The maximum Gasteiger partial charge on any atom is 0.311 e. The fraction of sp³-hybridized carbons (Fsp3) is 0.467. The summed E-state index contributed by atoms with van der Waals surface area (Å²) in [6.45, 7) is 1.01. The van der Waals surface area contributed by atoms with E-state index in [0.717, 1.165) is 0 Å². The number of carbonyl (C=O) groups is 2. The van der Waals surface area contributed by atoms with Gasteiger partial charge < -0.3 is 9.84 Å². The Labute approximate surface area is 132 Å². The Morgan fingerprint density at radius 2 is 2.22 bits per heavy atom. The monoisotopic (exact) mass is 322 g/mol. The van der Waals surface area contributed by atoms with Crippen LogP contribution in [0.15, 0.2) is 18.2 Å². The molecule has 1 aliphatic rings. The van der Waals surface area contributed by atoms with Crippen LogP contribution in [0.3, 0.4) is 0 Å². The Hall–Kier alpha value is -2.48. The van der Waals surface area contributed by atoms with Gasteiger partial charge in [-0.25, -0.2) is 0 Å². The summed E-state index contributed by atoms with van der Waals surface area (Å²) in [5.41, 5.74) is -0.0460. The van der Waals surface area contributed by atoms with Crippen LogP contribution in [0.25, 0.3) is 0 Å². The Kier molecular flexibility index (Phi) is 5.28. The van der Waals surface area contributed by atoms with Crippen LogP contribution in [-0.4, -0.2) is 53.4 Å². The average molecular weight is 322 g/mol. The molecule has 1 N–H and O–H groups in total. The van der Waals surface area contributed by atoms with Crippen molar-refractivity contribution in [1.29, 1.82) is 0 Å². The Morgan fingerprint density at radius 1 is 1.48 bits per heavy atom. The van der Waals surface area contributed by atoms with Crippen LogP contribution in [0.5, 0.6) is 5.75 Å². The summed E-state index contributed by atoms with van der Waals surface area (Å²) < 4.78 is 4.90. The first kappa shape index (κ1) is 16.9. The number of likely N-dealkylation sites (tertiary alicyclic amines) is 1. The molecule has 0 amide bonds. The van der Waals surface area contributed by atoms with E-state index in [-0.39, 0.29) is 29.3 Å². The largest absolute Gasteiger partial charge is 0.490 e. The number of nitrogens with zero attached hydrogens (tertiary/aromatic N) is 2. The summed E-state index contributed by atoms with van der Waals surface area (Å²) in [7, 11) is 1.32. The number of nitro groups is 1. The SMILES string of the molecule is COc1ccc(C(=O)CN2CCCC(C(=O)O)C2)cc1[N+](=O)[O-]. The normalized spacial score (nSPS) is 18.4. The highest BCUT2D eigenvalue weighted by molar-refractivity contribution is 5.98. The van der Waals surface area contributed by atoms with E-state index in [1.165, 1.54) is 25.3 Å². The van der Waals surface area contributed by atoms with E-state index < -0.39 is 16.8 Å². The molecule has 0 aromatic heterocycles. The van der Waals surface area contributed by atoms with Gasteiger partial charge in [0, 0.05) is 18.2 Å². The highest BCUT2D eigenvalue weighted by Gasteiger charge is 2.27. The summed E-state index contributed by atoms with van der Waals surface area (Å²) in [6.07, 6.45) is 1.32. The molecule has 0 bridgehead atoms. The van der Waals surface area contributed by atoms with Crippen molar-refractivity contribution in [2.45, 2.75) is 12.8 Å². The number of aliphatic carboxylic acids is 1. The molecule has 1 heterocycles. The molecule has 1 aromatic rings. The fourth-order valence-electron chi connectivity index (χ4n) is 2.70. The second kappa shape index (κ2) is 7.19. The quantitative estimate of drug-likeness (QED) is 0.481. The molecule has 1 aromatic carbocycles. The van der Waals surface area contributed by atoms with E-state index in [0.29, 0.717) is 25.9 Å². The van der Waals surface area contributed by atoms with Gasteiger partial charge in [0.2, 0.25) is 0 Å². The van der Waals surface area contributed by atoms with Crippen molar-refractivity contribution in [3.63, 3.8) is 0 Å². The van der Waals surface area contributed by atoms with Gasteiger partial charge in [0.25, 0.3) is 0 Å². The van der Waals surface area contributed by atoms with E-state index in [9.17, 15) is 19.7 Å². The third-order valence-corrected chi connectivity index (χ3v) is 3.92. The number of benzene rings is 1. The molecule has 8 nitrogen and oxygen atoms in total. The summed E-state index contributed by atoms with van der Waals surface area (Å²) in [4.78, 5) is 35.5. The second-order valence-corrected chi connectivity index (χ2v) is 5.48. The maximum absolute atomic E-state index is 12.3. The highest BCUT2D eigenvalue weighted by atomic mass is 16.6. The maximum atomic E-state index is 12.3. The molecule has 2 rings (SSSR count). The van der Waals surface area contributed by atoms with Gasteiger partial charge in [-0.2, -0.15) is 0 Å². The van der Waals surface area contributed by atoms with E-state index in [1.54, 1.807) is 4.90 Å². The zero-order valence-electron chi connectivity index (χ0n) is 12.7. The molecule has 1 fully saturated rings. The lowest BCUT2D eigenvalue weighted by Gasteiger charge is -2.29. The summed E-state index contributed by atoms with van der Waals surface area (Å²) in [5, 5.41) is 20.1. The Balaban J connectivity index is 2.10. The number of Topliss-reactive ketones (excluding diaryl/α,β-unsaturated/α-hetero) is 1. The minimum Gasteiger partial charge on any atom is -0.490 e. The molecule has 1 aliphatic heterocycles. The van der Waals surface area contributed by atoms with E-state index >= 15 is 0 Å². The van der Waals surface area contributed by atoms with Crippen molar-refractivity contribution in [2.75, 3.05) is 26.7 Å². The van der Waals surface area contributed by atoms with Gasteiger partial charge in [0.1, 0.15) is 0 Å². The van der Waals surface area contributed by atoms with Crippen molar-refractivity contribution in [3.05, 3.63) is 33.9 Å². The van der Waals surface area contributed by atoms with Crippen molar-refractivity contribution >= 4 is 17.4 Å². The van der Waals surface area contributed by atoms with Gasteiger partial charge in [-0.15, -0.1) is 0 Å². The van der Waals surface area contributed by atoms with Crippen molar-refractivity contribution in [1.82, 2.24) is 4.90 Å². The average Bonchev–Trinajstić information content (AvgIpc) is 2.54. The molecule has 8 heteroatoms. The molecule has 1 atom stereocenters. The number of ether oxygens (including phenoxy) is 1. The number of rotatable bonds is 6. The number of nitro benzene ring substituents is 1. The standard InChI is InChI=1S/C15H18N2O6/c1-23-14-5-4-10(7-12(14)17(21)22)13(18)9-16-6-2-3-11(8-16)15(19)20/h4-5,7,11H,2-3,6,8-9H2,1H3,(H,19,20). The molecule has 1 saturated heterocycles. The van der Waals surface area contributed by atoms with Crippen LogP contribution in [0, 0.1) is 16.0 Å². The third kappa shape index (κ3) is 4.04. The first-order valence-electron chi connectivity index (χ1n) is 7.23. The highest BCUT2D eigenvalue weighted by Crippen LogP contribution is 2.28. The predicted octanol–water partition coefficient (Wildman–Crippen LogP) is 1.58. The third-order valence-electron chi connectivity index (χ3n) is 3.92. The number of carboxylic acids is 1. The van der Waals surface area contributed by atoms with Crippen molar-refractivity contribution in [3.8, 4) is 5.75 Å². The molecular weight excluding hydrogens is 304 g/mol. The van der Waals surface area contributed by atoms with Gasteiger partial charge in [0.05, 0.1) is 24.5 Å². The van der Waals surface area contributed by atoms with Crippen LogP contribution in [0.2, 0.25) is 0 Å². The lowest BCUT2D eigenvalue weighted by Crippen LogP contribution is -2.41. The zero-order valence-corrected chi connectivity index (χ0v) is 12.7.